The Bertz CT molecular complexity index is 1750. The van der Waals surface area contributed by atoms with Gasteiger partial charge in [-0.3, -0.25) is 9.69 Å². The fourth-order valence-corrected chi connectivity index (χ4v) is 5.38. The van der Waals surface area contributed by atoms with Crippen molar-refractivity contribution in [3.63, 3.8) is 0 Å². The number of nitrogens with zero attached hydrogens (tertiary/aromatic N) is 5. The normalized spacial score (nSPS) is 13.3. The maximum atomic E-state index is 13.8. The van der Waals surface area contributed by atoms with Crippen LogP contribution in [-0.4, -0.2) is 44.0 Å². The molecule has 10 nitrogen and oxygen atoms in total. The Labute approximate surface area is 241 Å². The molecule has 3 aromatic carbocycles. The summed E-state index contributed by atoms with van der Waals surface area (Å²) in [4.78, 5) is 18.5. The fourth-order valence-electron chi connectivity index (χ4n) is 5.38. The van der Waals surface area contributed by atoms with Gasteiger partial charge in [-0.1, -0.05) is 38.1 Å². The van der Waals surface area contributed by atoms with Crippen molar-refractivity contribution in [2.24, 2.45) is 5.92 Å². The third-order valence-corrected chi connectivity index (χ3v) is 7.43. The highest BCUT2D eigenvalue weighted by Crippen LogP contribution is 2.36. The van der Waals surface area contributed by atoms with Crippen molar-refractivity contribution >= 4 is 10.9 Å². The summed E-state index contributed by atoms with van der Waals surface area (Å²) >= 11 is 0. The van der Waals surface area contributed by atoms with Crippen LogP contribution < -0.4 is 19.8 Å². The Morgan fingerprint density at radius 3 is 2.43 bits per heavy atom. The van der Waals surface area contributed by atoms with Crippen LogP contribution in [0.1, 0.15) is 42.4 Å². The molecule has 42 heavy (non-hydrogen) atoms. The van der Waals surface area contributed by atoms with Crippen LogP contribution in [0.5, 0.6) is 17.2 Å². The van der Waals surface area contributed by atoms with Crippen LogP contribution in [0.4, 0.5) is 4.39 Å². The zero-order valence-corrected chi connectivity index (χ0v) is 23.6. The van der Waals surface area contributed by atoms with E-state index in [2.05, 4.69) is 39.3 Å². The molecule has 0 bridgehead atoms. The third-order valence-electron chi connectivity index (χ3n) is 7.43. The van der Waals surface area contributed by atoms with E-state index in [0.717, 1.165) is 22.3 Å². The second-order valence-electron chi connectivity index (χ2n) is 10.7. The number of fused-ring (bicyclic) bond motifs is 2. The van der Waals surface area contributed by atoms with Gasteiger partial charge in [0.05, 0.1) is 25.2 Å². The smallest absolute Gasteiger partial charge is 0.252 e. The van der Waals surface area contributed by atoms with E-state index in [4.69, 9.17) is 14.2 Å². The number of tetrazole rings is 1. The molecular weight excluding hydrogens is 539 g/mol. The Balaban J connectivity index is 1.38. The minimum absolute atomic E-state index is 0.0689. The lowest BCUT2D eigenvalue weighted by Crippen LogP contribution is -2.35. The molecule has 0 saturated carbocycles. The van der Waals surface area contributed by atoms with Crippen molar-refractivity contribution in [2.75, 3.05) is 13.9 Å². The Hall–Kier alpha value is -4.77. The molecule has 1 aliphatic heterocycles. The van der Waals surface area contributed by atoms with Gasteiger partial charge < -0.3 is 19.2 Å². The summed E-state index contributed by atoms with van der Waals surface area (Å²) in [5, 5.41) is 13.6. The molecule has 0 fully saturated rings. The number of benzene rings is 3. The van der Waals surface area contributed by atoms with Crippen molar-refractivity contribution in [3.8, 4) is 17.2 Å². The molecule has 0 saturated heterocycles. The van der Waals surface area contributed by atoms with E-state index in [9.17, 15) is 9.18 Å². The number of nitrogens with one attached hydrogen (secondary N) is 1. The van der Waals surface area contributed by atoms with E-state index in [0.29, 0.717) is 48.0 Å². The largest absolute Gasteiger partial charge is 0.497 e. The highest BCUT2D eigenvalue weighted by atomic mass is 19.1. The number of H-pyrrole nitrogens is 1. The molecule has 216 valence electrons. The Kier molecular flexibility index (Phi) is 7.58. The van der Waals surface area contributed by atoms with E-state index < -0.39 is 0 Å². The van der Waals surface area contributed by atoms with Crippen LogP contribution in [-0.2, 0) is 19.6 Å². The standard InChI is InChI=1S/C31H31FN6O4/c1-19(2)29(30-34-35-36-38(30)16-21-6-10-25(40-3)11-7-21)37(15-20-4-8-24(32)9-5-20)17-23-12-22-13-27-28(42-18-41-27)14-26(22)33-31(23)39/h4-14,19,29H,15-18H2,1-3H3,(H,33,39)/t29-/m1/s1. The predicted molar refractivity (Wildman–Crippen MR) is 154 cm³/mol. The molecule has 5 aromatic rings. The van der Waals surface area contributed by atoms with Crippen LogP contribution in [0.3, 0.4) is 0 Å². The molecule has 1 N–H and O–H groups in total. The summed E-state index contributed by atoms with van der Waals surface area (Å²) in [6, 6.07) is 19.4. The second-order valence-corrected chi connectivity index (χ2v) is 10.7. The maximum absolute atomic E-state index is 13.8. The van der Waals surface area contributed by atoms with Crippen LogP contribution in [0.2, 0.25) is 0 Å². The first kappa shape index (κ1) is 27.4. The molecule has 1 aliphatic rings. The lowest BCUT2D eigenvalue weighted by molar-refractivity contribution is 0.126. The average molecular weight is 571 g/mol. The number of hydrogen-bond acceptors (Lipinski definition) is 8. The van der Waals surface area contributed by atoms with Gasteiger partial charge in [0.2, 0.25) is 6.79 Å². The van der Waals surface area contributed by atoms with Crippen LogP contribution >= 0.6 is 0 Å². The number of aromatic nitrogens is 5. The summed E-state index contributed by atoms with van der Waals surface area (Å²) in [6.07, 6.45) is 0. The van der Waals surface area contributed by atoms with E-state index in [1.165, 1.54) is 12.1 Å². The number of rotatable bonds is 10. The first-order valence-electron chi connectivity index (χ1n) is 13.7. The van der Waals surface area contributed by atoms with Gasteiger partial charge in [0.1, 0.15) is 11.6 Å². The summed E-state index contributed by atoms with van der Waals surface area (Å²) in [7, 11) is 1.63. The minimum Gasteiger partial charge on any atom is -0.497 e. The molecule has 0 aliphatic carbocycles. The van der Waals surface area contributed by atoms with Crippen molar-refractivity contribution in [3.05, 3.63) is 105 Å². The van der Waals surface area contributed by atoms with Gasteiger partial charge in [-0.25, -0.2) is 9.07 Å². The van der Waals surface area contributed by atoms with Gasteiger partial charge in [0.25, 0.3) is 5.56 Å². The zero-order valence-electron chi connectivity index (χ0n) is 23.6. The number of aromatic amines is 1. The molecule has 0 unspecified atom stereocenters. The van der Waals surface area contributed by atoms with E-state index in [-0.39, 0.29) is 30.1 Å². The molecule has 1 atom stereocenters. The first-order chi connectivity index (χ1) is 20.4. The zero-order chi connectivity index (χ0) is 29.2. The van der Waals surface area contributed by atoms with Crippen LogP contribution in [0.15, 0.2) is 71.5 Å². The molecular formula is C31H31FN6O4. The van der Waals surface area contributed by atoms with Crippen molar-refractivity contribution in [2.45, 2.75) is 39.5 Å². The molecule has 6 rings (SSSR count). The minimum atomic E-state index is -0.307. The number of halogens is 1. The number of ether oxygens (including phenoxy) is 3. The first-order valence-corrected chi connectivity index (χ1v) is 13.7. The molecule has 3 heterocycles. The van der Waals surface area contributed by atoms with Crippen LogP contribution in [0.25, 0.3) is 10.9 Å². The summed E-state index contributed by atoms with van der Waals surface area (Å²) in [5.41, 5.74) is 2.95. The molecule has 2 aromatic heterocycles. The van der Waals surface area contributed by atoms with Crippen molar-refractivity contribution in [1.29, 1.82) is 0 Å². The van der Waals surface area contributed by atoms with Gasteiger partial charge in [-0.05, 0) is 63.9 Å². The Morgan fingerprint density at radius 1 is 1.00 bits per heavy atom. The quantitative estimate of drug-likeness (QED) is 0.254. The van der Waals surface area contributed by atoms with E-state index >= 15 is 0 Å². The summed E-state index contributed by atoms with van der Waals surface area (Å²) < 4.78 is 31.9. The average Bonchev–Trinajstić information content (AvgIpc) is 3.63. The highest BCUT2D eigenvalue weighted by Gasteiger charge is 2.30. The van der Waals surface area contributed by atoms with Crippen molar-refractivity contribution < 1.29 is 18.6 Å². The van der Waals surface area contributed by atoms with E-state index in [1.54, 1.807) is 30.0 Å². The van der Waals surface area contributed by atoms with Crippen LogP contribution in [0, 0.1) is 11.7 Å². The highest BCUT2D eigenvalue weighted by molar-refractivity contribution is 5.83. The lowest BCUT2D eigenvalue weighted by Gasteiger charge is -2.33. The van der Waals surface area contributed by atoms with Gasteiger partial charge in [-0.15, -0.1) is 5.10 Å². The van der Waals surface area contributed by atoms with Gasteiger partial charge in [-0.2, -0.15) is 0 Å². The molecule has 0 radical (unpaired) electrons. The van der Waals surface area contributed by atoms with Gasteiger partial charge in [0, 0.05) is 30.1 Å². The Morgan fingerprint density at radius 2 is 1.71 bits per heavy atom. The summed E-state index contributed by atoms with van der Waals surface area (Å²) in [5.74, 6) is 2.45. The van der Waals surface area contributed by atoms with Crippen molar-refractivity contribution in [1.82, 2.24) is 30.1 Å². The predicted octanol–water partition coefficient (Wildman–Crippen LogP) is 4.84. The monoisotopic (exact) mass is 570 g/mol. The molecule has 11 heteroatoms. The summed E-state index contributed by atoms with van der Waals surface area (Å²) in [6.45, 7) is 5.55. The number of pyridine rings is 1. The molecule has 0 spiro atoms. The second kappa shape index (κ2) is 11.6. The topological polar surface area (TPSA) is 107 Å². The number of hydrogen-bond donors (Lipinski definition) is 1. The SMILES string of the molecule is COc1ccc(Cn2nnnc2[C@@H](C(C)C)N(Cc2ccc(F)cc2)Cc2cc3cc4c(cc3[nH]c2=O)OCO4)cc1. The van der Waals surface area contributed by atoms with E-state index in [1.807, 2.05) is 36.4 Å². The fraction of sp³-hybridized carbons (Fsp3) is 0.290. The van der Waals surface area contributed by atoms with Gasteiger partial charge >= 0.3 is 0 Å². The lowest BCUT2D eigenvalue weighted by atomic mass is 9.99. The maximum Gasteiger partial charge on any atom is 0.252 e. The third kappa shape index (κ3) is 5.68. The molecule has 0 amide bonds. The number of methoxy groups -OCH3 is 1. The van der Waals surface area contributed by atoms with Gasteiger partial charge in [0.15, 0.2) is 17.3 Å².